The SMILES string of the molecule is CS(=O)(=NC(=O)c1ccc(C2=NOC(C(F)(F)F)N2)cc1)c1ccc(Cl)cc1. The molecule has 0 radical (unpaired) electrons. The number of amidine groups is 1. The molecule has 148 valence electrons. The zero-order chi connectivity index (χ0) is 20.5. The number of halogens is 4. The van der Waals surface area contributed by atoms with E-state index in [4.69, 9.17) is 11.6 Å². The summed E-state index contributed by atoms with van der Waals surface area (Å²) < 4.78 is 54.2. The van der Waals surface area contributed by atoms with Gasteiger partial charge in [0.15, 0.2) is 5.84 Å². The van der Waals surface area contributed by atoms with Gasteiger partial charge in [0.05, 0.1) is 9.73 Å². The Bertz CT molecular complexity index is 1040. The fraction of sp³-hybridized carbons (Fsp3) is 0.176. The highest BCUT2D eigenvalue weighted by Crippen LogP contribution is 2.24. The van der Waals surface area contributed by atoms with E-state index in [2.05, 4.69) is 19.7 Å². The molecule has 3 rings (SSSR count). The van der Waals surface area contributed by atoms with Crippen LogP contribution in [0.1, 0.15) is 15.9 Å². The molecular formula is C17H13ClF3N3O3S. The molecule has 1 aliphatic rings. The first kappa shape index (κ1) is 20.2. The molecule has 1 aliphatic heterocycles. The topological polar surface area (TPSA) is 80.1 Å². The number of carbonyl (C=O) groups is 1. The number of amides is 1. The van der Waals surface area contributed by atoms with Crippen LogP contribution in [0.2, 0.25) is 5.02 Å². The fourth-order valence-corrected chi connectivity index (χ4v) is 3.58. The molecule has 0 bridgehead atoms. The van der Waals surface area contributed by atoms with Gasteiger partial charge in [0, 0.05) is 27.3 Å². The van der Waals surface area contributed by atoms with Gasteiger partial charge in [-0.25, -0.2) is 4.21 Å². The van der Waals surface area contributed by atoms with Gasteiger partial charge < -0.3 is 10.2 Å². The average molecular weight is 432 g/mol. The molecule has 2 aromatic rings. The Balaban J connectivity index is 1.77. The van der Waals surface area contributed by atoms with Gasteiger partial charge in [-0.2, -0.15) is 17.5 Å². The summed E-state index contributed by atoms with van der Waals surface area (Å²) in [7, 11) is -2.99. The Hall–Kier alpha value is -2.59. The Morgan fingerprint density at radius 2 is 1.79 bits per heavy atom. The number of alkyl halides is 3. The van der Waals surface area contributed by atoms with Crippen LogP contribution in [0.4, 0.5) is 13.2 Å². The number of nitrogens with one attached hydrogen (secondary N) is 1. The van der Waals surface area contributed by atoms with Crippen LogP contribution in [0.15, 0.2) is 62.9 Å². The van der Waals surface area contributed by atoms with Gasteiger partial charge in [-0.1, -0.05) is 28.9 Å². The van der Waals surface area contributed by atoms with Crippen molar-refractivity contribution in [2.75, 3.05) is 6.26 Å². The summed E-state index contributed by atoms with van der Waals surface area (Å²) in [6.07, 6.45) is -5.50. The van der Waals surface area contributed by atoms with Gasteiger partial charge in [0.2, 0.25) is 0 Å². The highest BCUT2D eigenvalue weighted by atomic mass is 35.5. The van der Waals surface area contributed by atoms with Crippen molar-refractivity contribution in [1.29, 1.82) is 0 Å². The molecule has 2 unspecified atom stereocenters. The van der Waals surface area contributed by atoms with E-state index >= 15 is 0 Å². The maximum Gasteiger partial charge on any atom is 0.448 e. The van der Waals surface area contributed by atoms with Gasteiger partial charge in [-0.05, 0) is 36.4 Å². The van der Waals surface area contributed by atoms with Crippen molar-refractivity contribution in [3.8, 4) is 0 Å². The predicted molar refractivity (Wildman–Crippen MR) is 97.6 cm³/mol. The molecule has 0 saturated heterocycles. The minimum absolute atomic E-state index is 0.112. The maximum absolute atomic E-state index is 12.7. The second kappa shape index (κ2) is 7.44. The van der Waals surface area contributed by atoms with Crippen LogP contribution in [0.3, 0.4) is 0 Å². The number of carbonyl (C=O) groups excluding carboxylic acids is 1. The molecule has 6 nitrogen and oxygen atoms in total. The van der Waals surface area contributed by atoms with Crippen molar-refractivity contribution in [3.63, 3.8) is 0 Å². The standard InChI is InChI=1S/C17H13ClF3N3O3S/c1-28(26,13-8-6-12(18)7-9-13)24-15(25)11-4-2-10(3-5-11)14-22-16(27-23-14)17(19,20)21/h2-9,16H,1H3,(H,22,23). The molecule has 0 saturated carbocycles. The fourth-order valence-electron chi connectivity index (χ4n) is 2.28. The quantitative estimate of drug-likeness (QED) is 0.801. The molecule has 0 aliphatic carbocycles. The summed E-state index contributed by atoms with van der Waals surface area (Å²) in [4.78, 5) is 17.0. The van der Waals surface area contributed by atoms with E-state index in [9.17, 15) is 22.2 Å². The lowest BCUT2D eigenvalue weighted by Crippen LogP contribution is -2.41. The smallest absolute Gasteiger partial charge is 0.359 e. The first-order chi connectivity index (χ1) is 13.1. The van der Waals surface area contributed by atoms with Gasteiger partial charge in [0.1, 0.15) is 0 Å². The minimum Gasteiger partial charge on any atom is -0.359 e. The number of rotatable bonds is 3. The van der Waals surface area contributed by atoms with Crippen molar-refractivity contribution in [2.24, 2.45) is 9.52 Å². The molecule has 1 N–H and O–H groups in total. The van der Waals surface area contributed by atoms with E-state index in [-0.39, 0.29) is 11.4 Å². The van der Waals surface area contributed by atoms with Crippen LogP contribution in [0.25, 0.3) is 0 Å². The lowest BCUT2D eigenvalue weighted by atomic mass is 10.1. The lowest BCUT2D eigenvalue weighted by molar-refractivity contribution is -0.218. The monoisotopic (exact) mass is 431 g/mol. The van der Waals surface area contributed by atoms with E-state index in [0.29, 0.717) is 15.5 Å². The van der Waals surface area contributed by atoms with E-state index in [1.165, 1.54) is 42.7 Å². The number of benzene rings is 2. The van der Waals surface area contributed by atoms with E-state index in [0.717, 1.165) is 0 Å². The number of oxime groups is 1. The van der Waals surface area contributed by atoms with Crippen LogP contribution in [-0.4, -0.2) is 34.6 Å². The molecule has 1 heterocycles. The van der Waals surface area contributed by atoms with E-state index < -0.39 is 28.0 Å². The zero-order valence-corrected chi connectivity index (χ0v) is 15.8. The normalized spacial score (nSPS) is 18.5. The maximum atomic E-state index is 12.7. The molecule has 0 spiro atoms. The number of nitrogens with zero attached hydrogens (tertiary/aromatic N) is 2. The van der Waals surface area contributed by atoms with Crippen LogP contribution in [-0.2, 0) is 14.6 Å². The van der Waals surface area contributed by atoms with Crippen molar-refractivity contribution in [3.05, 3.63) is 64.7 Å². The van der Waals surface area contributed by atoms with Crippen molar-refractivity contribution < 1.29 is 27.0 Å². The molecule has 0 fully saturated rings. The summed E-state index contributed by atoms with van der Waals surface area (Å²) in [6, 6.07) is 11.6. The van der Waals surface area contributed by atoms with E-state index in [1.54, 1.807) is 12.1 Å². The Kier molecular flexibility index (Phi) is 5.35. The molecule has 0 aromatic heterocycles. The zero-order valence-electron chi connectivity index (χ0n) is 14.2. The average Bonchev–Trinajstić information content (AvgIpc) is 3.12. The highest BCUT2D eigenvalue weighted by molar-refractivity contribution is 7.93. The van der Waals surface area contributed by atoms with Crippen LogP contribution in [0.5, 0.6) is 0 Å². The molecule has 28 heavy (non-hydrogen) atoms. The Morgan fingerprint density at radius 1 is 1.18 bits per heavy atom. The van der Waals surface area contributed by atoms with E-state index in [1.807, 2.05) is 0 Å². The highest BCUT2D eigenvalue weighted by Gasteiger charge is 2.45. The third kappa shape index (κ3) is 4.45. The molecule has 2 atom stereocenters. The van der Waals surface area contributed by atoms with Gasteiger partial charge in [-0.3, -0.25) is 4.79 Å². The summed E-state index contributed by atoms with van der Waals surface area (Å²) in [5.74, 6) is -0.835. The van der Waals surface area contributed by atoms with Gasteiger partial charge >= 0.3 is 6.18 Å². The first-order valence-corrected chi connectivity index (χ1v) is 10.1. The second-order valence-corrected chi connectivity index (χ2v) is 8.54. The number of hydrogen-bond donors (Lipinski definition) is 1. The van der Waals surface area contributed by atoms with Crippen LogP contribution in [0, 0.1) is 0 Å². The van der Waals surface area contributed by atoms with Crippen LogP contribution >= 0.6 is 11.6 Å². The summed E-state index contributed by atoms with van der Waals surface area (Å²) in [6.45, 7) is 0. The largest absolute Gasteiger partial charge is 0.448 e. The molecular weight excluding hydrogens is 419 g/mol. The molecule has 1 amide bonds. The summed E-state index contributed by atoms with van der Waals surface area (Å²) in [5, 5.41) is 5.91. The Labute approximate surface area is 163 Å². The lowest BCUT2D eigenvalue weighted by Gasteiger charge is -2.13. The Morgan fingerprint density at radius 3 is 2.32 bits per heavy atom. The summed E-state index contributed by atoms with van der Waals surface area (Å²) >= 11 is 5.79. The minimum atomic E-state index is -4.61. The third-order valence-corrected chi connectivity index (χ3v) is 5.64. The molecule has 2 aromatic carbocycles. The van der Waals surface area contributed by atoms with Crippen molar-refractivity contribution in [2.45, 2.75) is 17.3 Å². The van der Waals surface area contributed by atoms with Crippen LogP contribution < -0.4 is 5.32 Å². The van der Waals surface area contributed by atoms with Crippen molar-refractivity contribution in [1.82, 2.24) is 5.32 Å². The molecule has 11 heteroatoms. The first-order valence-electron chi connectivity index (χ1n) is 7.76. The summed E-state index contributed by atoms with van der Waals surface area (Å²) in [5.41, 5.74) is 0.414. The van der Waals surface area contributed by atoms with Crippen molar-refractivity contribution >= 4 is 33.1 Å². The number of hydrogen-bond acceptors (Lipinski definition) is 5. The van der Waals surface area contributed by atoms with Gasteiger partial charge in [0.25, 0.3) is 12.1 Å². The second-order valence-electron chi connectivity index (χ2n) is 5.84. The van der Waals surface area contributed by atoms with Gasteiger partial charge in [-0.15, -0.1) is 0 Å². The third-order valence-electron chi connectivity index (χ3n) is 3.73. The predicted octanol–water partition coefficient (Wildman–Crippen LogP) is 3.81.